The monoisotopic (exact) mass is 216 g/mol. The maximum absolute atomic E-state index is 11.1. The second kappa shape index (κ2) is 5.24. The van der Waals surface area contributed by atoms with E-state index >= 15 is 0 Å². The molecule has 1 aliphatic rings. The van der Waals surface area contributed by atoms with E-state index in [4.69, 9.17) is 0 Å². The van der Waals surface area contributed by atoms with E-state index in [2.05, 4.69) is 24.5 Å². The number of carbonyl (C=O) groups excluding carboxylic acids is 2. The van der Waals surface area contributed by atoms with Gasteiger partial charge in [-0.05, 0) is 6.42 Å². The second-order valence-electron chi connectivity index (χ2n) is 3.45. The average molecular weight is 216 g/mol. The van der Waals surface area contributed by atoms with E-state index in [1.165, 1.54) is 0 Å². The molecule has 80 valence electrons. The highest BCUT2D eigenvalue weighted by atomic mass is 32.2. The Morgan fingerprint density at radius 3 is 2.71 bits per heavy atom. The van der Waals surface area contributed by atoms with Crippen molar-refractivity contribution in [3.8, 4) is 0 Å². The van der Waals surface area contributed by atoms with Crippen molar-refractivity contribution in [2.24, 2.45) is 0 Å². The minimum Gasteiger partial charge on any atom is -0.325 e. The molecule has 1 fully saturated rings. The summed E-state index contributed by atoms with van der Waals surface area (Å²) in [7, 11) is 0. The zero-order chi connectivity index (χ0) is 10.6. The number of hydrogen-bond acceptors (Lipinski definition) is 3. The van der Waals surface area contributed by atoms with Crippen molar-refractivity contribution in [1.29, 1.82) is 0 Å². The number of amides is 3. The van der Waals surface area contributed by atoms with Crippen LogP contribution in [0.5, 0.6) is 0 Å². The number of urea groups is 1. The van der Waals surface area contributed by atoms with Crippen LogP contribution in [0.2, 0.25) is 0 Å². The molecule has 1 unspecified atom stereocenters. The zero-order valence-electron chi connectivity index (χ0n) is 8.50. The van der Waals surface area contributed by atoms with Crippen molar-refractivity contribution < 1.29 is 9.59 Å². The first-order valence-electron chi connectivity index (χ1n) is 4.86. The van der Waals surface area contributed by atoms with Crippen molar-refractivity contribution >= 4 is 23.7 Å². The normalized spacial score (nSPS) is 23.1. The fourth-order valence-corrected chi connectivity index (χ4v) is 2.48. The van der Waals surface area contributed by atoms with Crippen molar-refractivity contribution in [1.82, 2.24) is 10.6 Å². The highest BCUT2D eigenvalue weighted by Crippen LogP contribution is 2.17. The van der Waals surface area contributed by atoms with Crippen molar-refractivity contribution in [3.05, 3.63) is 0 Å². The lowest BCUT2D eigenvalue weighted by Gasteiger charge is -2.11. The van der Waals surface area contributed by atoms with Crippen LogP contribution in [0.25, 0.3) is 0 Å². The van der Waals surface area contributed by atoms with Crippen LogP contribution in [0, 0.1) is 0 Å². The summed E-state index contributed by atoms with van der Waals surface area (Å²) in [6.07, 6.45) is 2.30. The molecule has 4 nitrogen and oxygen atoms in total. The van der Waals surface area contributed by atoms with Gasteiger partial charge in [0.1, 0.15) is 6.04 Å². The Bertz CT molecular complexity index is 233. The Kier molecular flexibility index (Phi) is 4.25. The van der Waals surface area contributed by atoms with Gasteiger partial charge in [-0.1, -0.05) is 20.3 Å². The maximum Gasteiger partial charge on any atom is 0.322 e. The van der Waals surface area contributed by atoms with Gasteiger partial charge in [-0.25, -0.2) is 4.79 Å². The number of thioether (sulfide) groups is 1. The molecule has 0 aromatic carbocycles. The Hall–Kier alpha value is -0.710. The summed E-state index contributed by atoms with van der Waals surface area (Å²) >= 11 is 1.73. The van der Waals surface area contributed by atoms with Gasteiger partial charge in [0, 0.05) is 11.0 Å². The van der Waals surface area contributed by atoms with E-state index < -0.39 is 0 Å². The number of hydrogen-bond donors (Lipinski definition) is 2. The number of rotatable bonds is 5. The topological polar surface area (TPSA) is 58.2 Å². The van der Waals surface area contributed by atoms with E-state index in [1.54, 1.807) is 11.8 Å². The molecular weight excluding hydrogens is 200 g/mol. The quantitative estimate of drug-likeness (QED) is 0.677. The van der Waals surface area contributed by atoms with Crippen LogP contribution in [-0.4, -0.2) is 29.0 Å². The highest BCUT2D eigenvalue weighted by molar-refractivity contribution is 7.99. The van der Waals surface area contributed by atoms with Crippen LogP contribution in [0.15, 0.2) is 0 Å². The first kappa shape index (κ1) is 11.4. The average Bonchev–Trinajstić information content (AvgIpc) is 2.42. The summed E-state index contributed by atoms with van der Waals surface area (Å²) in [5, 5.41) is 5.35. The zero-order valence-corrected chi connectivity index (χ0v) is 9.32. The van der Waals surface area contributed by atoms with Crippen LogP contribution in [0.1, 0.15) is 26.7 Å². The third-order valence-corrected chi connectivity index (χ3v) is 3.43. The lowest BCUT2D eigenvalue weighted by atomic mass is 10.3. The largest absolute Gasteiger partial charge is 0.325 e. The Morgan fingerprint density at radius 1 is 1.50 bits per heavy atom. The van der Waals surface area contributed by atoms with Gasteiger partial charge in [0.05, 0.1) is 0 Å². The molecule has 0 radical (unpaired) electrons. The molecule has 0 aromatic rings. The number of nitrogens with one attached hydrogen (secondary N) is 2. The lowest BCUT2D eigenvalue weighted by Crippen LogP contribution is -2.31. The molecule has 0 saturated carbocycles. The predicted octanol–water partition coefficient (Wildman–Crippen LogP) is 1.12. The molecule has 0 spiro atoms. The van der Waals surface area contributed by atoms with Crippen LogP contribution in [0.4, 0.5) is 4.79 Å². The molecule has 2 N–H and O–H groups in total. The van der Waals surface area contributed by atoms with Crippen molar-refractivity contribution in [3.63, 3.8) is 0 Å². The molecular formula is C9H16N2O2S. The molecule has 3 amide bonds. The molecule has 5 heteroatoms. The summed E-state index contributed by atoms with van der Waals surface area (Å²) in [5.41, 5.74) is 0. The summed E-state index contributed by atoms with van der Waals surface area (Å²) in [5.74, 6) is 0.463. The van der Waals surface area contributed by atoms with Crippen LogP contribution in [-0.2, 0) is 4.79 Å². The Morgan fingerprint density at radius 2 is 2.21 bits per heavy atom. The molecule has 0 aromatic heterocycles. The predicted molar refractivity (Wildman–Crippen MR) is 57.3 cm³/mol. The van der Waals surface area contributed by atoms with Crippen molar-refractivity contribution in [2.45, 2.75) is 38.0 Å². The van der Waals surface area contributed by atoms with Gasteiger partial charge in [-0.2, -0.15) is 11.8 Å². The van der Waals surface area contributed by atoms with Crippen LogP contribution in [0.3, 0.4) is 0 Å². The third kappa shape index (κ3) is 3.21. The van der Waals surface area contributed by atoms with Gasteiger partial charge >= 0.3 is 6.03 Å². The van der Waals surface area contributed by atoms with E-state index in [-0.39, 0.29) is 18.0 Å². The van der Waals surface area contributed by atoms with E-state index in [9.17, 15) is 9.59 Å². The minimum absolute atomic E-state index is 0.203. The molecule has 1 heterocycles. The molecule has 14 heavy (non-hydrogen) atoms. The molecule has 1 aliphatic heterocycles. The summed E-state index contributed by atoms with van der Waals surface area (Å²) in [6, 6.07) is -0.712. The first-order chi connectivity index (χ1) is 6.63. The minimum atomic E-state index is -0.372. The Labute approximate surface area is 88.2 Å². The SMILES string of the molecule is CCCC(C)SC[C@@H]1NC(=O)NC1=O. The fraction of sp³-hybridized carbons (Fsp3) is 0.778. The third-order valence-electron chi connectivity index (χ3n) is 2.10. The van der Waals surface area contributed by atoms with Crippen LogP contribution >= 0.6 is 11.8 Å². The summed E-state index contributed by atoms with van der Waals surface area (Å²) < 4.78 is 0. The van der Waals surface area contributed by atoms with E-state index in [0.717, 1.165) is 12.8 Å². The number of imide groups is 1. The van der Waals surface area contributed by atoms with E-state index in [1.807, 2.05) is 0 Å². The lowest BCUT2D eigenvalue weighted by molar-refractivity contribution is -0.119. The van der Waals surface area contributed by atoms with Gasteiger partial charge in [0.2, 0.25) is 0 Å². The van der Waals surface area contributed by atoms with Crippen LogP contribution < -0.4 is 10.6 Å². The Balaban J connectivity index is 2.24. The molecule has 1 rings (SSSR count). The second-order valence-corrected chi connectivity index (χ2v) is 4.92. The van der Waals surface area contributed by atoms with Gasteiger partial charge in [0.25, 0.3) is 5.91 Å². The van der Waals surface area contributed by atoms with E-state index in [0.29, 0.717) is 11.0 Å². The van der Waals surface area contributed by atoms with Gasteiger partial charge < -0.3 is 5.32 Å². The highest BCUT2D eigenvalue weighted by Gasteiger charge is 2.29. The summed E-state index contributed by atoms with van der Waals surface area (Å²) in [4.78, 5) is 21.9. The first-order valence-corrected chi connectivity index (χ1v) is 5.91. The molecule has 0 aliphatic carbocycles. The summed E-state index contributed by atoms with van der Waals surface area (Å²) in [6.45, 7) is 4.28. The molecule has 0 bridgehead atoms. The maximum atomic E-state index is 11.1. The smallest absolute Gasteiger partial charge is 0.322 e. The van der Waals surface area contributed by atoms with Gasteiger partial charge in [-0.3, -0.25) is 10.1 Å². The van der Waals surface area contributed by atoms with Gasteiger partial charge in [0.15, 0.2) is 0 Å². The van der Waals surface area contributed by atoms with Gasteiger partial charge in [-0.15, -0.1) is 0 Å². The standard InChI is InChI=1S/C9H16N2O2S/c1-3-4-6(2)14-5-7-8(12)11-9(13)10-7/h6-7H,3-5H2,1-2H3,(H2,10,11,12,13)/t6?,7-/m0/s1. The molecule has 2 atom stereocenters. The van der Waals surface area contributed by atoms with Crippen molar-refractivity contribution in [2.75, 3.05) is 5.75 Å². The fourth-order valence-electron chi connectivity index (χ4n) is 1.33. The number of carbonyl (C=O) groups is 2. The molecule has 1 saturated heterocycles.